The fourth-order valence-electron chi connectivity index (χ4n) is 3.62. The Labute approximate surface area is 156 Å². The number of piperidine rings is 1. The topological polar surface area (TPSA) is 38.3 Å². The molecule has 3 nitrogen and oxygen atoms in total. The molecule has 0 unspecified atom stereocenters. The van der Waals surface area contributed by atoms with Gasteiger partial charge >= 0.3 is 5.97 Å². The molecule has 1 saturated heterocycles. The van der Waals surface area contributed by atoms with Gasteiger partial charge in [0.15, 0.2) is 0 Å². The highest BCUT2D eigenvalue weighted by atomic mass is 16.5. The fourth-order valence-corrected chi connectivity index (χ4v) is 3.62. The Morgan fingerprint density at radius 3 is 1.92 bits per heavy atom. The van der Waals surface area contributed by atoms with Gasteiger partial charge in [-0.2, -0.15) is 0 Å². The number of benzene rings is 2. The molecule has 0 aliphatic carbocycles. The Morgan fingerprint density at radius 1 is 0.885 bits per heavy atom. The molecule has 1 aliphatic rings. The van der Waals surface area contributed by atoms with Crippen LogP contribution in [-0.2, 0) is 28.8 Å². The smallest absolute Gasteiger partial charge is 0.305 e. The number of methoxy groups -OCH3 is 1. The Bertz CT molecular complexity index is 685. The van der Waals surface area contributed by atoms with Crippen molar-refractivity contribution in [3.05, 3.63) is 70.8 Å². The van der Waals surface area contributed by atoms with E-state index in [4.69, 9.17) is 0 Å². The summed E-state index contributed by atoms with van der Waals surface area (Å²) in [6, 6.07) is 17.8. The van der Waals surface area contributed by atoms with Crippen LogP contribution >= 0.6 is 0 Å². The quantitative estimate of drug-likeness (QED) is 0.765. The van der Waals surface area contributed by atoms with E-state index < -0.39 is 0 Å². The van der Waals surface area contributed by atoms with Crippen LogP contribution in [0.2, 0.25) is 0 Å². The molecule has 0 aromatic heterocycles. The lowest BCUT2D eigenvalue weighted by molar-refractivity contribution is -0.140. The van der Waals surface area contributed by atoms with Crippen LogP contribution in [0.15, 0.2) is 48.5 Å². The maximum Gasteiger partial charge on any atom is 0.305 e. The minimum atomic E-state index is -0.151. The van der Waals surface area contributed by atoms with E-state index in [9.17, 15) is 4.79 Å². The minimum Gasteiger partial charge on any atom is -0.469 e. The monoisotopic (exact) mass is 351 g/mol. The second-order valence-corrected chi connectivity index (χ2v) is 7.16. The van der Waals surface area contributed by atoms with E-state index in [1.807, 2.05) is 0 Å². The number of carbonyl (C=O) groups is 1. The van der Waals surface area contributed by atoms with E-state index in [1.54, 1.807) is 0 Å². The van der Waals surface area contributed by atoms with Gasteiger partial charge in [0, 0.05) is 6.42 Å². The molecule has 26 heavy (non-hydrogen) atoms. The average Bonchev–Trinajstić information content (AvgIpc) is 2.72. The van der Waals surface area contributed by atoms with Crippen LogP contribution in [0.3, 0.4) is 0 Å². The largest absolute Gasteiger partial charge is 0.469 e. The van der Waals surface area contributed by atoms with Crippen molar-refractivity contribution in [1.29, 1.82) is 0 Å². The zero-order valence-corrected chi connectivity index (χ0v) is 15.7. The van der Waals surface area contributed by atoms with Crippen LogP contribution in [0.4, 0.5) is 0 Å². The van der Waals surface area contributed by atoms with Gasteiger partial charge in [-0.15, -0.1) is 0 Å². The molecule has 2 aromatic carbocycles. The molecule has 138 valence electrons. The molecule has 3 heteroatoms. The lowest BCUT2D eigenvalue weighted by atomic mass is 9.89. The number of carbonyl (C=O) groups excluding carboxylic acids is 1. The van der Waals surface area contributed by atoms with Crippen LogP contribution < -0.4 is 5.32 Å². The van der Waals surface area contributed by atoms with Gasteiger partial charge in [0.1, 0.15) is 0 Å². The van der Waals surface area contributed by atoms with Crippen LogP contribution in [0.25, 0.3) is 0 Å². The zero-order chi connectivity index (χ0) is 18.2. The molecule has 1 heterocycles. The Kier molecular flexibility index (Phi) is 6.84. The highest BCUT2D eigenvalue weighted by molar-refractivity contribution is 5.69. The molecule has 0 saturated carbocycles. The summed E-state index contributed by atoms with van der Waals surface area (Å²) in [4.78, 5) is 11.2. The molecule has 0 atom stereocenters. The predicted molar refractivity (Wildman–Crippen MR) is 105 cm³/mol. The van der Waals surface area contributed by atoms with Crippen molar-refractivity contribution in [3.63, 3.8) is 0 Å². The summed E-state index contributed by atoms with van der Waals surface area (Å²) in [6.07, 6.45) is 5.80. The first-order valence-electron chi connectivity index (χ1n) is 9.69. The Morgan fingerprint density at radius 2 is 1.38 bits per heavy atom. The summed E-state index contributed by atoms with van der Waals surface area (Å²) in [5.41, 5.74) is 5.42. The first kappa shape index (κ1) is 18.7. The molecule has 0 radical (unpaired) electrons. The van der Waals surface area contributed by atoms with E-state index in [0.29, 0.717) is 6.42 Å². The van der Waals surface area contributed by atoms with Crippen molar-refractivity contribution < 1.29 is 9.53 Å². The molecule has 0 bridgehead atoms. The Balaban J connectivity index is 1.48. The van der Waals surface area contributed by atoms with E-state index in [1.165, 1.54) is 42.2 Å². The number of rotatable bonds is 7. The molecule has 1 fully saturated rings. The number of esters is 1. The van der Waals surface area contributed by atoms with Crippen molar-refractivity contribution in [3.8, 4) is 0 Å². The fraction of sp³-hybridized carbons (Fsp3) is 0.435. The van der Waals surface area contributed by atoms with Crippen molar-refractivity contribution >= 4 is 5.97 Å². The SMILES string of the molecule is COC(=O)CCc1ccc(CCc2ccc(C3CCNCC3)cc2)cc1. The van der Waals surface area contributed by atoms with Gasteiger partial charge in [0.25, 0.3) is 0 Å². The van der Waals surface area contributed by atoms with Gasteiger partial charge in [-0.3, -0.25) is 4.79 Å². The third-order valence-corrected chi connectivity index (χ3v) is 5.36. The van der Waals surface area contributed by atoms with Crippen LogP contribution in [0.5, 0.6) is 0 Å². The van der Waals surface area contributed by atoms with E-state index >= 15 is 0 Å². The van der Waals surface area contributed by atoms with Gasteiger partial charge in [0.2, 0.25) is 0 Å². The van der Waals surface area contributed by atoms with E-state index in [0.717, 1.165) is 38.3 Å². The van der Waals surface area contributed by atoms with Gasteiger partial charge in [-0.1, -0.05) is 48.5 Å². The van der Waals surface area contributed by atoms with Crippen molar-refractivity contribution in [1.82, 2.24) is 5.32 Å². The third-order valence-electron chi connectivity index (χ3n) is 5.36. The van der Waals surface area contributed by atoms with Gasteiger partial charge in [-0.25, -0.2) is 0 Å². The highest BCUT2D eigenvalue weighted by Crippen LogP contribution is 2.25. The second kappa shape index (κ2) is 9.54. The summed E-state index contributed by atoms with van der Waals surface area (Å²) in [6.45, 7) is 2.28. The van der Waals surface area contributed by atoms with E-state index in [-0.39, 0.29) is 5.97 Å². The second-order valence-electron chi connectivity index (χ2n) is 7.16. The van der Waals surface area contributed by atoms with E-state index in [2.05, 4.69) is 58.6 Å². The normalized spacial score (nSPS) is 15.0. The van der Waals surface area contributed by atoms with Gasteiger partial charge in [0.05, 0.1) is 7.11 Å². The van der Waals surface area contributed by atoms with Crippen LogP contribution in [0.1, 0.15) is 47.4 Å². The molecule has 1 N–H and O–H groups in total. The van der Waals surface area contributed by atoms with Crippen molar-refractivity contribution in [2.45, 2.75) is 44.4 Å². The van der Waals surface area contributed by atoms with Gasteiger partial charge in [-0.05, 0) is 73.4 Å². The summed E-state index contributed by atoms with van der Waals surface area (Å²) in [5.74, 6) is 0.574. The molecule has 0 spiro atoms. The predicted octanol–water partition coefficient (Wildman–Crippen LogP) is 4.04. The number of hydrogen-bond donors (Lipinski definition) is 1. The molecule has 3 rings (SSSR count). The van der Waals surface area contributed by atoms with Crippen LogP contribution in [-0.4, -0.2) is 26.2 Å². The van der Waals surface area contributed by atoms with Crippen LogP contribution in [0, 0.1) is 0 Å². The molecule has 1 aliphatic heterocycles. The van der Waals surface area contributed by atoms with Crippen molar-refractivity contribution in [2.75, 3.05) is 20.2 Å². The maximum atomic E-state index is 11.2. The van der Waals surface area contributed by atoms with Crippen molar-refractivity contribution in [2.24, 2.45) is 0 Å². The third kappa shape index (κ3) is 5.43. The zero-order valence-electron chi connectivity index (χ0n) is 15.7. The first-order valence-corrected chi connectivity index (χ1v) is 9.69. The summed E-state index contributed by atoms with van der Waals surface area (Å²) in [7, 11) is 1.43. The standard InChI is InChI=1S/C23H29NO2/c1-26-23(25)13-10-19-5-2-18(3-6-19)4-7-20-8-11-21(12-9-20)22-14-16-24-17-15-22/h2-3,5-6,8-9,11-12,22,24H,4,7,10,13-17H2,1H3. The summed E-state index contributed by atoms with van der Waals surface area (Å²) >= 11 is 0. The summed E-state index contributed by atoms with van der Waals surface area (Å²) < 4.78 is 4.69. The molecular formula is C23H29NO2. The lowest BCUT2D eigenvalue weighted by Crippen LogP contribution is -2.26. The first-order chi connectivity index (χ1) is 12.7. The van der Waals surface area contributed by atoms with Gasteiger partial charge < -0.3 is 10.1 Å². The molecule has 2 aromatic rings. The average molecular weight is 351 g/mol. The Hall–Kier alpha value is -2.13. The minimum absolute atomic E-state index is 0.151. The molecule has 0 amide bonds. The maximum absolute atomic E-state index is 11.2. The molecular weight excluding hydrogens is 322 g/mol. The number of aryl methyl sites for hydroxylation is 3. The lowest BCUT2D eigenvalue weighted by Gasteiger charge is -2.23. The highest BCUT2D eigenvalue weighted by Gasteiger charge is 2.14. The summed E-state index contributed by atoms with van der Waals surface area (Å²) in [5, 5.41) is 3.43. The number of hydrogen-bond acceptors (Lipinski definition) is 3. The number of ether oxygens (including phenoxy) is 1. The number of nitrogens with one attached hydrogen (secondary N) is 1.